The number of aromatic nitrogens is 4. The zero-order valence-electron chi connectivity index (χ0n) is 19.1. The molecular weight excluding hydrogens is 549 g/mol. The number of nitrogens with zero attached hydrogens (tertiary/aromatic N) is 4. The number of hydrogen-bond acceptors (Lipinski definition) is 5. The van der Waals surface area contributed by atoms with Crippen LogP contribution in [0.4, 0.5) is 5.69 Å². The van der Waals surface area contributed by atoms with Crippen LogP contribution in [0.3, 0.4) is 0 Å². The van der Waals surface area contributed by atoms with Gasteiger partial charge in [0.05, 0.1) is 24.0 Å². The number of likely N-dealkylation sites (N-methyl/N-ethyl adjacent to an activating group) is 1. The summed E-state index contributed by atoms with van der Waals surface area (Å²) < 4.78 is 7.40. The van der Waals surface area contributed by atoms with E-state index in [1.165, 1.54) is 11.0 Å². The Morgan fingerprint density at radius 1 is 1.30 bits per heavy atom. The first kappa shape index (κ1) is 23.4. The molecule has 3 aromatic heterocycles. The summed E-state index contributed by atoms with van der Waals surface area (Å²) in [5.41, 5.74) is 7.80. The number of nitrogens with one attached hydrogen (secondary N) is 1. The van der Waals surface area contributed by atoms with E-state index in [2.05, 4.69) is 51.7 Å². The number of anilines is 1. The molecule has 4 rings (SSSR count). The Morgan fingerprint density at radius 3 is 2.67 bits per heavy atom. The number of carbonyl (C=O) groups excluding carboxylic acids is 1. The number of hydrogen-bond donors (Lipinski definition) is 1. The SMILES string of the molecule is C=CC(=O)N(C)c1cc(-c2c(SI)[nH]c3ncc(-c4cnn(C)c4C)c(C)c23)ccc1OC. The van der Waals surface area contributed by atoms with Gasteiger partial charge in [-0.15, -0.1) is 0 Å². The third-order valence-electron chi connectivity index (χ3n) is 5.98. The fraction of sp³-hybridized carbons (Fsp3) is 0.208. The van der Waals surface area contributed by atoms with Gasteiger partial charge in [-0.3, -0.25) is 9.48 Å². The molecule has 0 bridgehead atoms. The minimum atomic E-state index is -0.208. The fourth-order valence-corrected chi connectivity index (χ4v) is 5.44. The lowest BCUT2D eigenvalue weighted by Crippen LogP contribution is -2.24. The van der Waals surface area contributed by atoms with Crippen molar-refractivity contribution in [2.45, 2.75) is 18.9 Å². The number of aromatic amines is 1. The number of methoxy groups -OCH3 is 1. The number of aryl methyl sites for hydroxylation is 2. The van der Waals surface area contributed by atoms with E-state index in [0.29, 0.717) is 11.4 Å². The van der Waals surface area contributed by atoms with E-state index in [-0.39, 0.29) is 5.91 Å². The number of H-pyrrole nitrogens is 1. The van der Waals surface area contributed by atoms with Crippen LogP contribution in [-0.2, 0) is 11.8 Å². The Bertz CT molecular complexity index is 1390. The first-order chi connectivity index (χ1) is 15.8. The lowest BCUT2D eigenvalue weighted by molar-refractivity contribution is -0.113. The quantitative estimate of drug-likeness (QED) is 0.232. The van der Waals surface area contributed by atoms with Crippen LogP contribution < -0.4 is 9.64 Å². The molecule has 0 fully saturated rings. The first-order valence-corrected chi connectivity index (χ1v) is 13.6. The predicted molar refractivity (Wildman–Crippen MR) is 143 cm³/mol. The molecule has 0 atom stereocenters. The maximum atomic E-state index is 12.3. The highest BCUT2D eigenvalue weighted by atomic mass is 127. The van der Waals surface area contributed by atoms with Crippen molar-refractivity contribution in [3.63, 3.8) is 0 Å². The molecule has 4 aromatic rings. The zero-order valence-corrected chi connectivity index (χ0v) is 22.0. The number of ether oxygens (including phenoxy) is 1. The van der Waals surface area contributed by atoms with Gasteiger partial charge >= 0.3 is 0 Å². The molecule has 33 heavy (non-hydrogen) atoms. The second kappa shape index (κ2) is 9.22. The van der Waals surface area contributed by atoms with Gasteiger partial charge in [-0.25, -0.2) is 4.98 Å². The molecule has 0 saturated carbocycles. The average molecular weight is 573 g/mol. The van der Waals surface area contributed by atoms with Gasteiger partial charge in [0.1, 0.15) is 11.4 Å². The number of benzene rings is 1. The summed E-state index contributed by atoms with van der Waals surface area (Å²) >= 11 is 2.28. The van der Waals surface area contributed by atoms with E-state index in [1.54, 1.807) is 23.1 Å². The summed E-state index contributed by atoms with van der Waals surface area (Å²) in [4.78, 5) is 22.1. The van der Waals surface area contributed by atoms with Gasteiger partial charge in [0.15, 0.2) is 0 Å². The molecule has 3 heterocycles. The van der Waals surface area contributed by atoms with Crippen molar-refractivity contribution in [3.05, 3.63) is 54.5 Å². The van der Waals surface area contributed by atoms with Crippen molar-refractivity contribution in [2.24, 2.45) is 7.05 Å². The summed E-state index contributed by atoms with van der Waals surface area (Å²) in [5, 5.41) is 6.45. The van der Waals surface area contributed by atoms with E-state index < -0.39 is 0 Å². The largest absolute Gasteiger partial charge is 0.495 e. The van der Waals surface area contributed by atoms with Crippen molar-refractivity contribution in [1.82, 2.24) is 19.7 Å². The van der Waals surface area contributed by atoms with E-state index in [1.807, 2.05) is 42.3 Å². The third kappa shape index (κ3) is 3.93. The summed E-state index contributed by atoms with van der Waals surface area (Å²) in [7, 11) is 6.85. The number of fused-ring (bicyclic) bond motifs is 1. The van der Waals surface area contributed by atoms with Crippen LogP contribution in [0, 0.1) is 13.8 Å². The molecule has 170 valence electrons. The van der Waals surface area contributed by atoms with Crippen LogP contribution in [0.1, 0.15) is 11.3 Å². The second-order valence-corrected chi connectivity index (χ2v) is 9.57. The van der Waals surface area contributed by atoms with Crippen LogP contribution in [0.2, 0.25) is 0 Å². The molecule has 1 amide bonds. The smallest absolute Gasteiger partial charge is 0.250 e. The zero-order chi connectivity index (χ0) is 23.9. The molecule has 0 saturated heterocycles. The van der Waals surface area contributed by atoms with Gasteiger partial charge in [0.2, 0.25) is 5.91 Å². The Balaban J connectivity index is 1.99. The molecule has 1 N–H and O–H groups in total. The molecule has 0 aliphatic heterocycles. The number of carbonyl (C=O) groups is 1. The Kier molecular flexibility index (Phi) is 6.53. The van der Waals surface area contributed by atoms with Gasteiger partial charge in [-0.2, -0.15) is 5.10 Å². The summed E-state index contributed by atoms with van der Waals surface area (Å²) in [6.45, 7) is 7.77. The van der Waals surface area contributed by atoms with Crippen molar-refractivity contribution >= 4 is 52.8 Å². The van der Waals surface area contributed by atoms with Crippen LogP contribution in [0.15, 0.2) is 48.3 Å². The molecule has 0 unspecified atom stereocenters. The normalized spacial score (nSPS) is 11.1. The Morgan fingerprint density at radius 2 is 2.06 bits per heavy atom. The second-order valence-electron chi connectivity index (χ2n) is 7.68. The Hall–Kier alpha value is -2.79. The van der Waals surface area contributed by atoms with Crippen molar-refractivity contribution < 1.29 is 9.53 Å². The molecule has 9 heteroatoms. The highest BCUT2D eigenvalue weighted by Crippen LogP contribution is 2.45. The van der Waals surface area contributed by atoms with Gasteiger partial charge < -0.3 is 14.6 Å². The van der Waals surface area contributed by atoms with Gasteiger partial charge in [0.25, 0.3) is 0 Å². The van der Waals surface area contributed by atoms with E-state index in [9.17, 15) is 4.79 Å². The fourth-order valence-electron chi connectivity index (χ4n) is 4.02. The van der Waals surface area contributed by atoms with Crippen LogP contribution in [0.5, 0.6) is 5.75 Å². The van der Waals surface area contributed by atoms with Crippen LogP contribution >= 0.6 is 30.1 Å². The van der Waals surface area contributed by atoms with E-state index >= 15 is 0 Å². The maximum Gasteiger partial charge on any atom is 0.250 e. The summed E-state index contributed by atoms with van der Waals surface area (Å²) in [6.07, 6.45) is 5.08. The number of rotatable bonds is 6. The highest BCUT2D eigenvalue weighted by molar-refractivity contribution is 14.2. The highest BCUT2D eigenvalue weighted by Gasteiger charge is 2.22. The average Bonchev–Trinajstić information content (AvgIpc) is 3.38. The standard InChI is InChI=1S/C24H24IN5O2S/c1-7-20(31)29(4)18-10-15(8-9-19(18)32-6)22-21-13(2)16(17-12-27-30(5)14(17)3)11-26-23(21)28-24(22)33-25/h7-12H,1H2,2-6H3,(H,26,28). The lowest BCUT2D eigenvalue weighted by atomic mass is 9.96. The molecule has 0 aliphatic carbocycles. The molecular formula is C24H24IN5O2S. The molecule has 0 radical (unpaired) electrons. The molecule has 1 aromatic carbocycles. The maximum absolute atomic E-state index is 12.3. The molecule has 7 nitrogen and oxygen atoms in total. The van der Waals surface area contributed by atoms with Crippen LogP contribution in [-0.4, -0.2) is 39.8 Å². The minimum Gasteiger partial charge on any atom is -0.495 e. The number of pyridine rings is 1. The van der Waals surface area contributed by atoms with Crippen molar-refractivity contribution in [2.75, 3.05) is 19.1 Å². The van der Waals surface area contributed by atoms with Gasteiger partial charge in [-0.05, 0) is 52.1 Å². The van der Waals surface area contributed by atoms with E-state index in [0.717, 1.165) is 49.6 Å². The van der Waals surface area contributed by atoms with Crippen molar-refractivity contribution in [1.29, 1.82) is 0 Å². The third-order valence-corrected chi connectivity index (χ3v) is 7.77. The predicted octanol–water partition coefficient (Wildman–Crippen LogP) is 5.85. The molecule has 0 spiro atoms. The summed E-state index contributed by atoms with van der Waals surface area (Å²) in [6, 6.07) is 5.87. The summed E-state index contributed by atoms with van der Waals surface area (Å²) in [5.74, 6) is 0.404. The number of halogens is 1. The topological polar surface area (TPSA) is 76.0 Å². The minimum absolute atomic E-state index is 0.208. The van der Waals surface area contributed by atoms with Crippen LogP contribution in [0.25, 0.3) is 33.3 Å². The molecule has 0 aliphatic rings. The van der Waals surface area contributed by atoms with Gasteiger partial charge in [-0.1, -0.05) is 12.6 Å². The lowest BCUT2D eigenvalue weighted by Gasteiger charge is -2.20. The van der Waals surface area contributed by atoms with Gasteiger partial charge in [0, 0.05) is 69.3 Å². The number of amides is 1. The first-order valence-electron chi connectivity index (χ1n) is 10.2. The monoisotopic (exact) mass is 573 g/mol. The Labute approximate surface area is 208 Å². The van der Waals surface area contributed by atoms with E-state index in [4.69, 9.17) is 9.72 Å². The van der Waals surface area contributed by atoms with Crippen molar-refractivity contribution in [3.8, 4) is 28.0 Å².